The smallest absolute Gasteiger partial charge is 0.301 e. The molecular formula is C34H43N7O5S. The summed E-state index contributed by atoms with van der Waals surface area (Å²) in [5, 5.41) is 12.2. The van der Waals surface area contributed by atoms with Crippen molar-refractivity contribution in [1.82, 2.24) is 31.0 Å². The number of hydrogen-bond acceptors (Lipinski definition) is 7. The van der Waals surface area contributed by atoms with Gasteiger partial charge < -0.3 is 21.3 Å². The highest BCUT2D eigenvalue weighted by molar-refractivity contribution is 7.90. The lowest BCUT2D eigenvalue weighted by atomic mass is 10.0. The van der Waals surface area contributed by atoms with Gasteiger partial charge in [-0.05, 0) is 74.9 Å². The summed E-state index contributed by atoms with van der Waals surface area (Å²) in [6.45, 7) is 5.07. The topological polar surface area (TPSA) is 162 Å². The van der Waals surface area contributed by atoms with E-state index in [4.69, 9.17) is 0 Å². The predicted molar refractivity (Wildman–Crippen MR) is 180 cm³/mol. The van der Waals surface area contributed by atoms with Crippen LogP contribution < -0.4 is 30.3 Å². The van der Waals surface area contributed by atoms with Crippen LogP contribution in [0.2, 0.25) is 0 Å². The number of carbonyl (C=O) groups excluding carboxylic acids is 3. The maximum absolute atomic E-state index is 13.9. The van der Waals surface area contributed by atoms with Gasteiger partial charge >= 0.3 is 10.2 Å². The minimum atomic E-state index is -3.86. The number of amides is 3. The van der Waals surface area contributed by atoms with E-state index in [9.17, 15) is 22.8 Å². The number of nitrogens with one attached hydrogen (secondary N) is 5. The zero-order valence-electron chi connectivity index (χ0n) is 26.7. The van der Waals surface area contributed by atoms with Crippen LogP contribution >= 0.6 is 0 Å². The van der Waals surface area contributed by atoms with Gasteiger partial charge in [0.1, 0.15) is 0 Å². The van der Waals surface area contributed by atoms with Gasteiger partial charge in [-0.1, -0.05) is 36.4 Å². The second-order valence-corrected chi connectivity index (χ2v) is 13.9. The van der Waals surface area contributed by atoms with Crippen molar-refractivity contribution in [3.63, 3.8) is 0 Å². The molecule has 1 saturated carbocycles. The van der Waals surface area contributed by atoms with E-state index in [-0.39, 0.29) is 41.9 Å². The normalized spacial score (nSPS) is 17.6. The fraction of sp³-hybridized carbons (Fsp3) is 0.412. The van der Waals surface area contributed by atoms with E-state index < -0.39 is 34.1 Å². The second-order valence-electron chi connectivity index (χ2n) is 12.2. The molecule has 0 unspecified atom stereocenters. The molecule has 5 rings (SSSR count). The molecule has 5 N–H and O–H groups in total. The van der Waals surface area contributed by atoms with E-state index in [2.05, 4.69) is 31.0 Å². The standard InChI is InChI=1S/C34H43N7O5S/c1-23(26-9-4-3-5-10-26)39-33(43)27-17-28(19-31(18-27)41-16-8-15-38-47(41,45)46)34(44)40-30(20-29-11-6-7-14-35-29)22-36-24(2)32(42)37-21-25-12-13-25/h3-7,9-11,14,17-19,23-25,30,36,38H,8,12-13,15-16,20-22H2,1-2H3,(H,37,42)(H,39,43)(H,40,44)/t23-,24+,30+/m1/s1. The van der Waals surface area contributed by atoms with Gasteiger partial charge in [0, 0.05) is 61.7 Å². The van der Waals surface area contributed by atoms with Crippen LogP contribution in [0.5, 0.6) is 0 Å². The molecule has 3 amide bonds. The molecule has 2 fully saturated rings. The summed E-state index contributed by atoms with van der Waals surface area (Å²) in [4.78, 5) is 44.4. The molecular weight excluding hydrogens is 618 g/mol. The lowest BCUT2D eigenvalue weighted by Gasteiger charge is -2.29. The predicted octanol–water partition coefficient (Wildman–Crippen LogP) is 2.46. The van der Waals surface area contributed by atoms with Gasteiger partial charge in [-0.15, -0.1) is 0 Å². The first-order valence-corrected chi connectivity index (χ1v) is 17.5. The number of nitrogens with zero attached hydrogens (tertiary/aromatic N) is 2. The van der Waals surface area contributed by atoms with Crippen molar-refractivity contribution < 1.29 is 22.8 Å². The van der Waals surface area contributed by atoms with Crippen molar-refractivity contribution >= 4 is 33.6 Å². The van der Waals surface area contributed by atoms with Crippen LogP contribution in [0.4, 0.5) is 5.69 Å². The average molecular weight is 662 g/mol. The van der Waals surface area contributed by atoms with Crippen molar-refractivity contribution in [2.45, 2.75) is 57.7 Å². The molecule has 0 radical (unpaired) electrons. The van der Waals surface area contributed by atoms with Crippen molar-refractivity contribution in [1.29, 1.82) is 0 Å². The van der Waals surface area contributed by atoms with Crippen molar-refractivity contribution in [3.05, 3.63) is 95.3 Å². The van der Waals surface area contributed by atoms with E-state index in [1.54, 1.807) is 13.1 Å². The Hall–Kier alpha value is -4.33. The monoisotopic (exact) mass is 661 g/mol. The second kappa shape index (κ2) is 15.5. The Morgan fingerprint density at radius 1 is 0.957 bits per heavy atom. The highest BCUT2D eigenvalue weighted by Crippen LogP contribution is 2.27. The van der Waals surface area contributed by atoms with Crippen LogP contribution in [0.15, 0.2) is 72.9 Å². The van der Waals surface area contributed by atoms with Crippen LogP contribution in [0, 0.1) is 5.92 Å². The van der Waals surface area contributed by atoms with E-state index in [1.165, 1.54) is 22.5 Å². The molecule has 250 valence electrons. The maximum Gasteiger partial charge on any atom is 0.301 e. The minimum Gasteiger partial charge on any atom is -0.354 e. The molecule has 0 spiro atoms. The van der Waals surface area contributed by atoms with Gasteiger partial charge in [0.05, 0.1) is 17.8 Å². The van der Waals surface area contributed by atoms with E-state index in [1.807, 2.05) is 55.5 Å². The third-order valence-corrected chi connectivity index (χ3v) is 9.88. The molecule has 2 heterocycles. The Morgan fingerprint density at radius 2 is 1.66 bits per heavy atom. The fourth-order valence-corrected chi connectivity index (χ4v) is 6.67. The largest absolute Gasteiger partial charge is 0.354 e. The minimum absolute atomic E-state index is 0.107. The molecule has 0 bridgehead atoms. The Kier molecular flexibility index (Phi) is 11.2. The summed E-state index contributed by atoms with van der Waals surface area (Å²) in [5.74, 6) is -0.489. The average Bonchev–Trinajstić information content (AvgIpc) is 3.91. The van der Waals surface area contributed by atoms with Crippen LogP contribution in [0.25, 0.3) is 0 Å². The first-order chi connectivity index (χ1) is 22.6. The molecule has 1 aliphatic heterocycles. The van der Waals surface area contributed by atoms with E-state index >= 15 is 0 Å². The van der Waals surface area contributed by atoms with Gasteiger partial charge in [0.15, 0.2) is 0 Å². The molecule has 13 heteroatoms. The number of carbonyl (C=O) groups is 3. The number of hydrogen-bond donors (Lipinski definition) is 5. The zero-order valence-corrected chi connectivity index (χ0v) is 27.6. The Labute approximate surface area is 276 Å². The molecule has 2 aliphatic rings. The maximum atomic E-state index is 13.9. The first-order valence-electron chi connectivity index (χ1n) is 16.1. The Balaban J connectivity index is 1.38. The van der Waals surface area contributed by atoms with Gasteiger partial charge in [-0.2, -0.15) is 13.1 Å². The number of anilines is 1. The lowest BCUT2D eigenvalue weighted by molar-refractivity contribution is -0.122. The SMILES string of the molecule is C[C@H](NC[C@H](Cc1ccccn1)NC(=O)c1cc(C(=O)N[C@H](C)c2ccccc2)cc(N2CCCNS2(=O)=O)c1)C(=O)NCC1CC1. The summed E-state index contributed by atoms with van der Waals surface area (Å²) in [7, 11) is -3.86. The number of benzene rings is 2. The number of aromatic nitrogens is 1. The molecule has 12 nitrogen and oxygen atoms in total. The summed E-state index contributed by atoms with van der Waals surface area (Å²) in [6.07, 6.45) is 4.89. The van der Waals surface area contributed by atoms with Crippen molar-refractivity contribution in [3.8, 4) is 0 Å². The van der Waals surface area contributed by atoms with Gasteiger partial charge in [0.25, 0.3) is 11.8 Å². The molecule has 47 heavy (non-hydrogen) atoms. The molecule has 1 aliphatic carbocycles. The lowest BCUT2D eigenvalue weighted by Crippen LogP contribution is -2.50. The zero-order chi connectivity index (χ0) is 33.4. The summed E-state index contributed by atoms with van der Waals surface area (Å²) < 4.78 is 29.6. The van der Waals surface area contributed by atoms with Gasteiger partial charge in [0.2, 0.25) is 5.91 Å². The molecule has 3 atom stereocenters. The van der Waals surface area contributed by atoms with Crippen LogP contribution in [-0.4, -0.2) is 69.4 Å². The third kappa shape index (κ3) is 9.60. The summed E-state index contributed by atoms with van der Waals surface area (Å²) in [6, 6.07) is 18.1. The molecule has 3 aromatic rings. The Bertz CT molecular complexity index is 1650. The quantitative estimate of drug-likeness (QED) is 0.177. The van der Waals surface area contributed by atoms with Gasteiger partial charge in [-0.25, -0.2) is 0 Å². The van der Waals surface area contributed by atoms with Gasteiger partial charge in [-0.3, -0.25) is 23.7 Å². The van der Waals surface area contributed by atoms with E-state index in [0.29, 0.717) is 31.8 Å². The van der Waals surface area contributed by atoms with Crippen LogP contribution in [0.3, 0.4) is 0 Å². The van der Waals surface area contributed by atoms with Crippen LogP contribution in [0.1, 0.15) is 71.1 Å². The fourth-order valence-electron chi connectivity index (χ4n) is 5.36. The first kappa shape index (κ1) is 34.0. The van der Waals surface area contributed by atoms with Crippen molar-refractivity contribution in [2.75, 3.05) is 30.5 Å². The number of rotatable bonds is 14. The highest BCUT2D eigenvalue weighted by atomic mass is 32.2. The molecule has 2 aromatic carbocycles. The van der Waals surface area contributed by atoms with Crippen molar-refractivity contribution in [2.24, 2.45) is 5.92 Å². The molecule has 1 aromatic heterocycles. The number of pyridine rings is 1. The van der Waals surface area contributed by atoms with E-state index in [0.717, 1.165) is 24.1 Å². The molecule has 1 saturated heterocycles. The van der Waals surface area contributed by atoms with Crippen LogP contribution in [-0.2, 0) is 21.4 Å². The summed E-state index contributed by atoms with van der Waals surface area (Å²) in [5.41, 5.74) is 2.14. The summed E-state index contributed by atoms with van der Waals surface area (Å²) >= 11 is 0. The highest BCUT2D eigenvalue weighted by Gasteiger charge is 2.28. The third-order valence-electron chi connectivity index (χ3n) is 8.33. The Morgan fingerprint density at radius 3 is 2.32 bits per heavy atom.